The number of primary amides is 1. The fraction of sp³-hybridized carbons (Fsp3) is 0.240. The van der Waals surface area contributed by atoms with Gasteiger partial charge in [-0.3, -0.25) is 14.4 Å². The maximum atomic E-state index is 13.2. The van der Waals surface area contributed by atoms with E-state index in [0.29, 0.717) is 29.3 Å². The van der Waals surface area contributed by atoms with E-state index in [0.717, 1.165) is 12.0 Å². The predicted octanol–water partition coefficient (Wildman–Crippen LogP) is 2.23. The van der Waals surface area contributed by atoms with Gasteiger partial charge >= 0.3 is 0 Å². The predicted molar refractivity (Wildman–Crippen MR) is 139 cm³/mol. The largest absolute Gasteiger partial charge is 0.369 e. The molecule has 1 heterocycles. The molecule has 0 saturated carbocycles. The highest BCUT2D eigenvalue weighted by molar-refractivity contribution is 6.07. The molecule has 11 nitrogen and oxygen atoms in total. The highest BCUT2D eigenvalue weighted by Crippen LogP contribution is 2.21. The number of likely N-dealkylation sites (N-methyl/N-ethyl adjacent to an activating group) is 1. The Morgan fingerprint density at radius 1 is 1.03 bits per heavy atom. The van der Waals surface area contributed by atoms with Gasteiger partial charge in [-0.15, -0.1) is 0 Å². The first kappa shape index (κ1) is 26.1. The van der Waals surface area contributed by atoms with Gasteiger partial charge in [0.1, 0.15) is 11.4 Å². The summed E-state index contributed by atoms with van der Waals surface area (Å²) >= 11 is 0. The molecular weight excluding hydrogens is 460 g/mol. The van der Waals surface area contributed by atoms with Crippen LogP contribution in [-0.2, 0) is 11.3 Å². The molecule has 36 heavy (non-hydrogen) atoms. The molecular formula is C25H30N8O3. The van der Waals surface area contributed by atoms with E-state index in [9.17, 15) is 14.4 Å². The number of hydrogen-bond acceptors (Lipinski definition) is 8. The summed E-state index contributed by atoms with van der Waals surface area (Å²) in [6.45, 7) is 3.09. The Labute approximate surface area is 209 Å². The first-order valence-electron chi connectivity index (χ1n) is 11.5. The Morgan fingerprint density at radius 2 is 1.78 bits per heavy atom. The third-order valence-corrected chi connectivity index (χ3v) is 5.08. The minimum absolute atomic E-state index is 0.148. The Kier molecular flexibility index (Phi) is 9.29. The highest BCUT2D eigenvalue weighted by atomic mass is 16.2. The van der Waals surface area contributed by atoms with Crippen LogP contribution < -0.4 is 32.3 Å². The van der Waals surface area contributed by atoms with Crippen molar-refractivity contribution in [2.24, 2.45) is 5.73 Å². The first-order chi connectivity index (χ1) is 17.4. The summed E-state index contributed by atoms with van der Waals surface area (Å²) in [6, 6.07) is 13.8. The number of nitrogens with zero attached hydrogens (tertiary/aromatic N) is 2. The lowest BCUT2D eigenvalue weighted by atomic mass is 10.1. The van der Waals surface area contributed by atoms with Crippen LogP contribution >= 0.6 is 0 Å². The molecule has 0 aliphatic carbocycles. The molecule has 0 aliphatic rings. The van der Waals surface area contributed by atoms with Crippen molar-refractivity contribution in [3.63, 3.8) is 0 Å². The smallest absolute Gasteiger partial charge is 0.261 e. The van der Waals surface area contributed by atoms with Crippen LogP contribution in [0.1, 0.15) is 39.6 Å². The summed E-state index contributed by atoms with van der Waals surface area (Å²) in [5, 5.41) is 14.7. The molecule has 0 spiro atoms. The Hall–Kier alpha value is -4.51. The van der Waals surface area contributed by atoms with Gasteiger partial charge in [-0.2, -0.15) is 4.98 Å². The van der Waals surface area contributed by atoms with Gasteiger partial charge in [-0.1, -0.05) is 25.1 Å². The van der Waals surface area contributed by atoms with Crippen molar-refractivity contribution >= 4 is 40.9 Å². The minimum Gasteiger partial charge on any atom is -0.369 e. The van der Waals surface area contributed by atoms with Gasteiger partial charge in [0, 0.05) is 36.2 Å². The van der Waals surface area contributed by atoms with Crippen molar-refractivity contribution in [3.8, 4) is 0 Å². The van der Waals surface area contributed by atoms with Gasteiger partial charge in [0.25, 0.3) is 5.91 Å². The monoisotopic (exact) mass is 490 g/mol. The van der Waals surface area contributed by atoms with Crippen molar-refractivity contribution in [2.75, 3.05) is 36.1 Å². The lowest BCUT2D eigenvalue weighted by Gasteiger charge is -2.15. The lowest BCUT2D eigenvalue weighted by molar-refractivity contribution is -0.120. The van der Waals surface area contributed by atoms with E-state index < -0.39 is 5.91 Å². The van der Waals surface area contributed by atoms with Crippen LogP contribution in [0.3, 0.4) is 0 Å². The van der Waals surface area contributed by atoms with Crippen molar-refractivity contribution in [2.45, 2.75) is 19.9 Å². The van der Waals surface area contributed by atoms with Crippen LogP contribution in [0, 0.1) is 0 Å². The van der Waals surface area contributed by atoms with Crippen LogP contribution in [-0.4, -0.2) is 47.8 Å². The van der Waals surface area contributed by atoms with E-state index in [1.54, 1.807) is 43.4 Å². The second-order valence-electron chi connectivity index (χ2n) is 7.87. The third-order valence-electron chi connectivity index (χ3n) is 5.08. The third kappa shape index (κ3) is 7.24. The first-order valence-corrected chi connectivity index (χ1v) is 11.5. The summed E-state index contributed by atoms with van der Waals surface area (Å²) in [7, 11) is 1.69. The standard InChI is InChI=1S/C25H30N8O3/c1-3-12-28-23-19(14-30-25(33-23)31-18-10-8-16(9-11-18)22(26)35)24(36)32-20-7-5-4-6-17(20)13-29-21(34)15-27-2/h4-11,14,27H,3,12-13,15H2,1-2H3,(H2,26,35)(H,29,34)(H,32,36)(H2,28,30,31,33). The van der Waals surface area contributed by atoms with Crippen molar-refractivity contribution in [1.29, 1.82) is 0 Å². The zero-order valence-corrected chi connectivity index (χ0v) is 20.2. The van der Waals surface area contributed by atoms with E-state index in [1.165, 1.54) is 6.20 Å². The number of para-hydroxylation sites is 1. The number of carbonyl (C=O) groups excluding carboxylic acids is 3. The number of nitrogens with one attached hydrogen (secondary N) is 5. The number of benzene rings is 2. The lowest BCUT2D eigenvalue weighted by Crippen LogP contribution is -2.32. The molecule has 188 valence electrons. The van der Waals surface area contributed by atoms with E-state index in [4.69, 9.17) is 5.73 Å². The normalized spacial score (nSPS) is 10.4. The molecule has 0 unspecified atom stereocenters. The molecule has 3 aromatic rings. The van der Waals surface area contributed by atoms with Gasteiger partial charge in [-0.25, -0.2) is 4.98 Å². The van der Waals surface area contributed by atoms with Gasteiger partial charge in [0.15, 0.2) is 0 Å². The number of amides is 3. The molecule has 2 aromatic carbocycles. The Morgan fingerprint density at radius 3 is 2.47 bits per heavy atom. The second kappa shape index (κ2) is 12.8. The molecule has 7 N–H and O–H groups in total. The second-order valence-corrected chi connectivity index (χ2v) is 7.87. The average molecular weight is 491 g/mol. The topological polar surface area (TPSA) is 163 Å². The number of rotatable bonds is 12. The molecule has 1 aromatic heterocycles. The molecule has 3 rings (SSSR count). The summed E-state index contributed by atoms with van der Waals surface area (Å²) in [5.41, 5.74) is 7.94. The zero-order valence-electron chi connectivity index (χ0n) is 20.2. The van der Waals surface area contributed by atoms with E-state index in [2.05, 4.69) is 36.6 Å². The van der Waals surface area contributed by atoms with Crippen LogP contribution in [0.2, 0.25) is 0 Å². The number of carbonyl (C=O) groups is 3. The minimum atomic E-state index is -0.513. The summed E-state index contributed by atoms with van der Waals surface area (Å²) < 4.78 is 0. The Bertz CT molecular complexity index is 1210. The summed E-state index contributed by atoms with van der Waals surface area (Å²) in [5.74, 6) is -0.392. The highest BCUT2D eigenvalue weighted by Gasteiger charge is 2.17. The molecule has 0 atom stereocenters. The molecule has 0 bridgehead atoms. The summed E-state index contributed by atoms with van der Waals surface area (Å²) in [4.78, 5) is 45.0. The molecule has 0 fully saturated rings. The molecule has 0 radical (unpaired) electrons. The van der Waals surface area contributed by atoms with Crippen LogP contribution in [0.4, 0.5) is 23.1 Å². The van der Waals surface area contributed by atoms with Crippen LogP contribution in [0.5, 0.6) is 0 Å². The zero-order chi connectivity index (χ0) is 25.9. The van der Waals surface area contributed by atoms with Gasteiger partial charge in [0.2, 0.25) is 17.8 Å². The van der Waals surface area contributed by atoms with Crippen LogP contribution in [0.15, 0.2) is 54.7 Å². The van der Waals surface area contributed by atoms with Gasteiger partial charge in [0.05, 0.1) is 6.54 Å². The SMILES string of the molecule is CCCNc1nc(Nc2ccc(C(N)=O)cc2)ncc1C(=O)Nc1ccccc1CNC(=O)CNC. The van der Waals surface area contributed by atoms with Gasteiger partial charge in [-0.05, 0) is 49.4 Å². The maximum Gasteiger partial charge on any atom is 0.261 e. The van der Waals surface area contributed by atoms with Crippen molar-refractivity contribution < 1.29 is 14.4 Å². The number of hydrogen-bond donors (Lipinski definition) is 6. The van der Waals surface area contributed by atoms with E-state index in [-0.39, 0.29) is 36.4 Å². The fourth-order valence-electron chi connectivity index (χ4n) is 3.24. The van der Waals surface area contributed by atoms with Gasteiger partial charge < -0.3 is 32.3 Å². The average Bonchev–Trinajstić information content (AvgIpc) is 2.87. The quantitative estimate of drug-likeness (QED) is 0.225. The van der Waals surface area contributed by atoms with Crippen molar-refractivity contribution in [3.05, 3.63) is 71.4 Å². The molecule has 0 saturated heterocycles. The van der Waals surface area contributed by atoms with E-state index >= 15 is 0 Å². The fourth-order valence-corrected chi connectivity index (χ4v) is 3.24. The number of aromatic nitrogens is 2. The maximum absolute atomic E-state index is 13.2. The Balaban J connectivity index is 1.78. The van der Waals surface area contributed by atoms with Crippen molar-refractivity contribution in [1.82, 2.24) is 20.6 Å². The number of anilines is 4. The molecule has 0 aliphatic heterocycles. The van der Waals surface area contributed by atoms with Crippen LogP contribution in [0.25, 0.3) is 0 Å². The molecule has 11 heteroatoms. The van der Waals surface area contributed by atoms with E-state index in [1.807, 2.05) is 19.1 Å². The molecule has 3 amide bonds. The number of nitrogens with two attached hydrogens (primary N) is 1. The summed E-state index contributed by atoms with van der Waals surface area (Å²) in [6.07, 6.45) is 2.27.